The molecule has 1 saturated carbocycles. The number of rotatable bonds is 3. The molecule has 5 heteroatoms. The molecule has 18 heavy (non-hydrogen) atoms. The van der Waals surface area contributed by atoms with E-state index in [2.05, 4.69) is 10.3 Å². The Morgan fingerprint density at radius 1 is 1.39 bits per heavy atom. The largest absolute Gasteiger partial charge is 0.388 e. The van der Waals surface area contributed by atoms with Crippen molar-refractivity contribution in [1.82, 2.24) is 10.3 Å². The smallest absolute Gasteiger partial charge is 0.270 e. The van der Waals surface area contributed by atoms with Gasteiger partial charge in [-0.05, 0) is 25.0 Å². The molecule has 4 nitrogen and oxygen atoms in total. The average molecular weight is 269 g/mol. The number of nitrogens with zero attached hydrogens (tertiary/aromatic N) is 1. The zero-order chi connectivity index (χ0) is 13.0. The van der Waals surface area contributed by atoms with Crippen LogP contribution < -0.4 is 5.32 Å². The Hall–Kier alpha value is -1.13. The molecule has 0 radical (unpaired) electrons. The van der Waals surface area contributed by atoms with Crippen molar-refractivity contribution in [2.45, 2.75) is 37.7 Å². The third-order valence-electron chi connectivity index (χ3n) is 3.31. The Morgan fingerprint density at radius 3 is 2.78 bits per heavy atom. The predicted molar refractivity (Wildman–Crippen MR) is 69.6 cm³/mol. The molecule has 0 spiro atoms. The van der Waals surface area contributed by atoms with Gasteiger partial charge in [-0.25, -0.2) is 4.98 Å². The van der Waals surface area contributed by atoms with Crippen LogP contribution in [0.5, 0.6) is 0 Å². The summed E-state index contributed by atoms with van der Waals surface area (Å²) < 4.78 is 0. The summed E-state index contributed by atoms with van der Waals surface area (Å²) in [5.74, 6) is -0.295. The SMILES string of the molecule is O=C(NCC1(O)CCCCC1)c1cccc(Cl)n1. The Labute approximate surface area is 111 Å². The first-order chi connectivity index (χ1) is 8.59. The summed E-state index contributed by atoms with van der Waals surface area (Å²) in [6.07, 6.45) is 4.68. The van der Waals surface area contributed by atoms with Gasteiger partial charge in [-0.15, -0.1) is 0 Å². The molecule has 1 amide bonds. The van der Waals surface area contributed by atoms with Crippen LogP contribution in [0.3, 0.4) is 0 Å². The number of pyridine rings is 1. The molecular formula is C13H17ClN2O2. The molecule has 1 aliphatic carbocycles. The quantitative estimate of drug-likeness (QED) is 0.826. The van der Waals surface area contributed by atoms with Crippen LogP contribution >= 0.6 is 11.6 Å². The first-order valence-electron chi connectivity index (χ1n) is 6.22. The summed E-state index contributed by atoms with van der Waals surface area (Å²) in [5, 5.41) is 13.3. The van der Waals surface area contributed by atoms with Gasteiger partial charge in [0, 0.05) is 6.54 Å². The number of amides is 1. The number of hydrogen-bond donors (Lipinski definition) is 2. The van der Waals surface area contributed by atoms with Gasteiger partial charge in [0.25, 0.3) is 5.91 Å². The fourth-order valence-electron chi connectivity index (χ4n) is 2.26. The number of hydrogen-bond acceptors (Lipinski definition) is 3. The van der Waals surface area contributed by atoms with Gasteiger partial charge in [0.15, 0.2) is 0 Å². The zero-order valence-corrected chi connectivity index (χ0v) is 10.9. The van der Waals surface area contributed by atoms with E-state index in [0.29, 0.717) is 5.15 Å². The van der Waals surface area contributed by atoms with Gasteiger partial charge < -0.3 is 10.4 Å². The Bertz CT molecular complexity index is 431. The Morgan fingerprint density at radius 2 is 2.11 bits per heavy atom. The van der Waals surface area contributed by atoms with Gasteiger partial charge in [0.2, 0.25) is 0 Å². The molecule has 0 aliphatic heterocycles. The number of halogens is 1. The summed E-state index contributed by atoms with van der Waals surface area (Å²) >= 11 is 5.72. The minimum absolute atomic E-state index is 0.278. The average Bonchev–Trinajstić information content (AvgIpc) is 2.37. The minimum Gasteiger partial charge on any atom is -0.388 e. The van der Waals surface area contributed by atoms with Crippen LogP contribution in [0.25, 0.3) is 0 Å². The second-order valence-electron chi connectivity index (χ2n) is 4.81. The second kappa shape index (κ2) is 5.67. The highest BCUT2D eigenvalue weighted by atomic mass is 35.5. The fraction of sp³-hybridized carbons (Fsp3) is 0.538. The van der Waals surface area contributed by atoms with Crippen molar-refractivity contribution in [3.8, 4) is 0 Å². The molecule has 1 heterocycles. The summed E-state index contributed by atoms with van der Waals surface area (Å²) in [5.41, 5.74) is -0.478. The van der Waals surface area contributed by atoms with Crippen LogP contribution in [0.2, 0.25) is 5.15 Å². The summed E-state index contributed by atoms with van der Waals surface area (Å²) in [4.78, 5) is 15.8. The highest BCUT2D eigenvalue weighted by Gasteiger charge is 2.29. The molecular weight excluding hydrogens is 252 g/mol. The van der Waals surface area contributed by atoms with Crippen molar-refractivity contribution >= 4 is 17.5 Å². The van der Waals surface area contributed by atoms with Crippen LogP contribution in [0.4, 0.5) is 0 Å². The lowest BCUT2D eigenvalue weighted by atomic mass is 9.85. The number of carbonyl (C=O) groups is 1. The molecule has 0 aromatic carbocycles. The lowest BCUT2D eigenvalue weighted by Gasteiger charge is -2.32. The van der Waals surface area contributed by atoms with Crippen molar-refractivity contribution < 1.29 is 9.90 Å². The third kappa shape index (κ3) is 3.43. The normalized spacial score (nSPS) is 18.3. The fourth-order valence-corrected chi connectivity index (χ4v) is 2.42. The number of nitrogens with one attached hydrogen (secondary N) is 1. The maximum absolute atomic E-state index is 11.8. The molecule has 1 aliphatic rings. The number of aliphatic hydroxyl groups is 1. The molecule has 1 aromatic rings. The summed E-state index contributed by atoms with van der Waals surface area (Å²) in [7, 11) is 0. The molecule has 98 valence electrons. The highest BCUT2D eigenvalue weighted by molar-refractivity contribution is 6.29. The van der Waals surface area contributed by atoms with Crippen LogP contribution in [-0.4, -0.2) is 28.1 Å². The molecule has 0 unspecified atom stereocenters. The topological polar surface area (TPSA) is 62.2 Å². The first-order valence-corrected chi connectivity index (χ1v) is 6.60. The van der Waals surface area contributed by atoms with Gasteiger partial charge >= 0.3 is 0 Å². The predicted octanol–water partition coefficient (Wildman–Crippen LogP) is 2.16. The van der Waals surface area contributed by atoms with Gasteiger partial charge in [0.1, 0.15) is 10.8 Å². The van der Waals surface area contributed by atoms with Crippen LogP contribution in [0.1, 0.15) is 42.6 Å². The van der Waals surface area contributed by atoms with Crippen LogP contribution in [0, 0.1) is 0 Å². The Balaban J connectivity index is 1.92. The standard InChI is InChI=1S/C13H17ClN2O2/c14-11-6-4-5-10(16-11)12(17)15-9-13(18)7-2-1-3-8-13/h4-6,18H,1-3,7-9H2,(H,15,17). The van der Waals surface area contributed by atoms with E-state index in [1.165, 1.54) is 0 Å². The van der Waals surface area contributed by atoms with Gasteiger partial charge in [-0.3, -0.25) is 4.79 Å². The monoisotopic (exact) mass is 268 g/mol. The van der Waals surface area contributed by atoms with Crippen molar-refractivity contribution in [2.24, 2.45) is 0 Å². The van der Waals surface area contributed by atoms with E-state index in [0.717, 1.165) is 32.1 Å². The van der Waals surface area contributed by atoms with Gasteiger partial charge in [-0.1, -0.05) is 36.9 Å². The van der Waals surface area contributed by atoms with Crippen molar-refractivity contribution in [2.75, 3.05) is 6.54 Å². The lowest BCUT2D eigenvalue weighted by Crippen LogP contribution is -2.44. The van der Waals surface area contributed by atoms with E-state index in [9.17, 15) is 9.90 Å². The van der Waals surface area contributed by atoms with E-state index < -0.39 is 5.60 Å². The number of aromatic nitrogens is 1. The molecule has 0 bridgehead atoms. The van der Waals surface area contributed by atoms with E-state index in [1.807, 2.05) is 0 Å². The minimum atomic E-state index is -0.757. The van der Waals surface area contributed by atoms with Gasteiger partial charge in [0.05, 0.1) is 5.60 Å². The van der Waals surface area contributed by atoms with Crippen molar-refractivity contribution in [3.63, 3.8) is 0 Å². The van der Waals surface area contributed by atoms with Crippen LogP contribution in [-0.2, 0) is 0 Å². The van der Waals surface area contributed by atoms with Crippen LogP contribution in [0.15, 0.2) is 18.2 Å². The molecule has 1 aromatic heterocycles. The molecule has 1 fully saturated rings. The second-order valence-corrected chi connectivity index (χ2v) is 5.20. The number of carbonyl (C=O) groups excluding carboxylic acids is 1. The van der Waals surface area contributed by atoms with Gasteiger partial charge in [-0.2, -0.15) is 0 Å². The highest BCUT2D eigenvalue weighted by Crippen LogP contribution is 2.27. The first kappa shape index (κ1) is 13.3. The Kier molecular flexibility index (Phi) is 4.19. The van der Waals surface area contributed by atoms with E-state index in [-0.39, 0.29) is 18.1 Å². The van der Waals surface area contributed by atoms with E-state index >= 15 is 0 Å². The molecule has 2 rings (SSSR count). The maximum atomic E-state index is 11.8. The van der Waals surface area contributed by atoms with E-state index in [1.54, 1.807) is 18.2 Å². The van der Waals surface area contributed by atoms with E-state index in [4.69, 9.17) is 11.6 Å². The molecule has 0 saturated heterocycles. The molecule has 2 N–H and O–H groups in total. The lowest BCUT2D eigenvalue weighted by molar-refractivity contribution is 0.00521. The maximum Gasteiger partial charge on any atom is 0.270 e. The summed E-state index contributed by atoms with van der Waals surface area (Å²) in [6, 6.07) is 4.90. The van der Waals surface area contributed by atoms with Crippen molar-refractivity contribution in [1.29, 1.82) is 0 Å². The zero-order valence-electron chi connectivity index (χ0n) is 10.2. The summed E-state index contributed by atoms with van der Waals surface area (Å²) in [6.45, 7) is 0.278. The molecule has 0 atom stereocenters. The van der Waals surface area contributed by atoms with Crippen molar-refractivity contribution in [3.05, 3.63) is 29.0 Å². The third-order valence-corrected chi connectivity index (χ3v) is 3.52.